The molecule has 0 rings (SSSR count). The first-order valence-electron chi connectivity index (χ1n) is 30.2. The molecule has 0 saturated carbocycles. The molecule has 72 heavy (non-hydrogen) atoms. The van der Waals surface area contributed by atoms with Gasteiger partial charge in [0.2, 0.25) is 0 Å². The number of hydrogen-bond donors (Lipinski definition) is 0. The number of carbonyl (C=O) groups is 3. The molecule has 1 atom stereocenters. The maximum Gasteiger partial charge on any atom is 0.306 e. The fraction of sp³-hybridized carbons (Fsp3) is 0.712. The van der Waals surface area contributed by atoms with Gasteiger partial charge in [0.25, 0.3) is 0 Å². The Morgan fingerprint density at radius 1 is 0.292 bits per heavy atom. The summed E-state index contributed by atoms with van der Waals surface area (Å²) in [4.78, 5) is 38.0. The van der Waals surface area contributed by atoms with Gasteiger partial charge in [0.15, 0.2) is 6.10 Å². The molecule has 0 spiro atoms. The Labute approximate surface area is 445 Å². The highest BCUT2D eigenvalue weighted by molar-refractivity contribution is 5.71. The van der Waals surface area contributed by atoms with Crippen LogP contribution in [0.25, 0.3) is 0 Å². The SMILES string of the molecule is CC/C=C\C/C=C\C/C=C\C/C=C\C/C=C\CCCCCCCCCCCCCCCCCC(=O)OCC(COC(=O)CCCCCCCCCCCC)OC(=O)CCCCC/C=C\C/C=C\C/C=C\CC. The molecule has 0 fully saturated rings. The van der Waals surface area contributed by atoms with E-state index in [1.54, 1.807) is 0 Å². The molecule has 0 aromatic heterocycles. The quantitative estimate of drug-likeness (QED) is 0.0261. The standard InChI is InChI=1S/C66H112O6/c1-4-7-10-13-16-19-22-24-25-26-27-28-29-30-31-32-33-34-35-36-37-38-39-40-41-43-44-47-50-53-56-59-65(68)71-62-63(61-70-64(67)58-55-52-49-46-21-18-15-12-9-6-3)72-66(69)60-57-54-51-48-45-42-23-20-17-14-11-8-5-2/h7-8,10-11,16-17,19-20,24-25,27-28,30-31,42,45,63H,4-6,9,12-15,18,21-23,26,29,32-41,43-44,46-62H2,1-3H3/b10-7-,11-8-,19-16-,20-17-,25-24-,28-27-,31-30-,45-42-. The van der Waals surface area contributed by atoms with Crippen molar-refractivity contribution >= 4 is 17.9 Å². The van der Waals surface area contributed by atoms with Crippen LogP contribution in [0, 0.1) is 0 Å². The summed E-state index contributed by atoms with van der Waals surface area (Å²) < 4.78 is 16.8. The van der Waals surface area contributed by atoms with Crippen molar-refractivity contribution in [2.24, 2.45) is 0 Å². The summed E-state index contributed by atoms with van der Waals surface area (Å²) in [5.74, 6) is -0.912. The van der Waals surface area contributed by atoms with E-state index < -0.39 is 6.10 Å². The number of hydrogen-bond acceptors (Lipinski definition) is 6. The summed E-state index contributed by atoms with van der Waals surface area (Å²) in [6.45, 7) is 6.38. The van der Waals surface area contributed by atoms with Crippen LogP contribution in [0.1, 0.15) is 284 Å². The second kappa shape index (κ2) is 59.9. The average molecular weight is 1000 g/mol. The molecular formula is C66H112O6. The van der Waals surface area contributed by atoms with Gasteiger partial charge in [-0.15, -0.1) is 0 Å². The zero-order valence-electron chi connectivity index (χ0n) is 47.2. The minimum Gasteiger partial charge on any atom is -0.462 e. The maximum atomic E-state index is 12.8. The molecule has 0 aromatic rings. The van der Waals surface area contributed by atoms with Gasteiger partial charge in [0, 0.05) is 19.3 Å². The molecule has 0 bridgehead atoms. The van der Waals surface area contributed by atoms with E-state index in [-0.39, 0.29) is 31.1 Å². The van der Waals surface area contributed by atoms with Crippen LogP contribution in [0.2, 0.25) is 0 Å². The Balaban J connectivity index is 4.13. The van der Waals surface area contributed by atoms with Gasteiger partial charge in [-0.3, -0.25) is 14.4 Å². The lowest BCUT2D eigenvalue weighted by Crippen LogP contribution is -2.30. The van der Waals surface area contributed by atoms with E-state index in [1.807, 2.05) is 0 Å². The Hall–Kier alpha value is -3.67. The molecule has 0 saturated heterocycles. The van der Waals surface area contributed by atoms with E-state index in [2.05, 4.69) is 118 Å². The molecular weight excluding hydrogens is 889 g/mol. The largest absolute Gasteiger partial charge is 0.462 e. The summed E-state index contributed by atoms with van der Waals surface area (Å²) >= 11 is 0. The van der Waals surface area contributed by atoms with Gasteiger partial charge >= 0.3 is 17.9 Å². The van der Waals surface area contributed by atoms with Gasteiger partial charge in [-0.1, -0.05) is 266 Å². The Bertz CT molecular complexity index is 1430. The van der Waals surface area contributed by atoms with Gasteiger partial charge in [-0.2, -0.15) is 0 Å². The Morgan fingerprint density at radius 2 is 0.542 bits per heavy atom. The molecule has 0 aliphatic carbocycles. The molecule has 0 aliphatic rings. The van der Waals surface area contributed by atoms with Crippen LogP contribution in [-0.2, 0) is 28.6 Å². The van der Waals surface area contributed by atoms with Crippen LogP contribution in [-0.4, -0.2) is 37.2 Å². The summed E-state index contributed by atoms with van der Waals surface area (Å²) in [6, 6.07) is 0. The van der Waals surface area contributed by atoms with E-state index >= 15 is 0 Å². The second-order valence-electron chi connectivity index (χ2n) is 19.9. The van der Waals surface area contributed by atoms with Crippen LogP contribution in [0.5, 0.6) is 0 Å². The van der Waals surface area contributed by atoms with E-state index in [4.69, 9.17) is 14.2 Å². The van der Waals surface area contributed by atoms with Crippen LogP contribution >= 0.6 is 0 Å². The summed E-state index contributed by atoms with van der Waals surface area (Å²) in [7, 11) is 0. The van der Waals surface area contributed by atoms with Crippen molar-refractivity contribution in [3.63, 3.8) is 0 Å². The Kier molecular flexibility index (Phi) is 56.8. The number of allylic oxidation sites excluding steroid dienone is 16. The molecule has 6 heteroatoms. The van der Waals surface area contributed by atoms with Gasteiger partial charge < -0.3 is 14.2 Å². The molecule has 0 heterocycles. The fourth-order valence-electron chi connectivity index (χ4n) is 8.37. The summed E-state index contributed by atoms with van der Waals surface area (Å²) in [5, 5.41) is 0. The minimum absolute atomic E-state index is 0.0861. The number of unbranched alkanes of at least 4 members (excludes halogenated alkanes) is 27. The highest BCUT2D eigenvalue weighted by Gasteiger charge is 2.19. The van der Waals surface area contributed by atoms with Crippen molar-refractivity contribution in [1.29, 1.82) is 0 Å². The molecule has 0 radical (unpaired) electrons. The lowest BCUT2D eigenvalue weighted by Gasteiger charge is -2.18. The van der Waals surface area contributed by atoms with E-state index in [1.165, 1.54) is 128 Å². The number of ether oxygens (including phenoxy) is 3. The average Bonchev–Trinajstić information content (AvgIpc) is 3.38. The van der Waals surface area contributed by atoms with Crippen molar-refractivity contribution in [2.75, 3.05) is 13.2 Å². The molecule has 0 N–H and O–H groups in total. The van der Waals surface area contributed by atoms with Crippen LogP contribution in [0.4, 0.5) is 0 Å². The predicted molar refractivity (Wildman–Crippen MR) is 311 cm³/mol. The third kappa shape index (κ3) is 57.2. The van der Waals surface area contributed by atoms with Crippen molar-refractivity contribution in [3.05, 3.63) is 97.2 Å². The zero-order valence-corrected chi connectivity index (χ0v) is 47.2. The molecule has 412 valence electrons. The van der Waals surface area contributed by atoms with Crippen LogP contribution in [0.15, 0.2) is 97.2 Å². The summed E-state index contributed by atoms with van der Waals surface area (Å²) in [6.07, 6.45) is 80.0. The highest BCUT2D eigenvalue weighted by Crippen LogP contribution is 2.16. The molecule has 0 aromatic carbocycles. The fourth-order valence-corrected chi connectivity index (χ4v) is 8.37. The van der Waals surface area contributed by atoms with E-state index in [0.29, 0.717) is 19.3 Å². The highest BCUT2D eigenvalue weighted by atomic mass is 16.6. The smallest absolute Gasteiger partial charge is 0.306 e. The normalized spacial score (nSPS) is 12.8. The van der Waals surface area contributed by atoms with Crippen LogP contribution < -0.4 is 0 Å². The van der Waals surface area contributed by atoms with Gasteiger partial charge in [0.1, 0.15) is 13.2 Å². The Morgan fingerprint density at radius 3 is 0.861 bits per heavy atom. The molecule has 1 unspecified atom stereocenters. The zero-order chi connectivity index (χ0) is 52.2. The van der Waals surface area contributed by atoms with Crippen molar-refractivity contribution in [1.82, 2.24) is 0 Å². The first-order valence-corrected chi connectivity index (χ1v) is 30.2. The topological polar surface area (TPSA) is 78.9 Å². The monoisotopic (exact) mass is 1000 g/mol. The minimum atomic E-state index is -0.789. The first kappa shape index (κ1) is 68.3. The second-order valence-corrected chi connectivity index (χ2v) is 19.9. The van der Waals surface area contributed by atoms with Crippen molar-refractivity contribution in [2.45, 2.75) is 290 Å². The third-order valence-corrected chi connectivity index (χ3v) is 12.8. The lowest BCUT2D eigenvalue weighted by molar-refractivity contribution is -0.167. The van der Waals surface area contributed by atoms with Crippen molar-refractivity contribution < 1.29 is 28.6 Å². The first-order chi connectivity index (χ1) is 35.5. The van der Waals surface area contributed by atoms with Crippen molar-refractivity contribution in [3.8, 4) is 0 Å². The van der Waals surface area contributed by atoms with Gasteiger partial charge in [-0.05, 0) is 96.3 Å². The molecule has 0 amide bonds. The van der Waals surface area contributed by atoms with Gasteiger partial charge in [-0.25, -0.2) is 0 Å². The third-order valence-electron chi connectivity index (χ3n) is 12.8. The number of carbonyl (C=O) groups excluding carboxylic acids is 3. The predicted octanol–water partition coefficient (Wildman–Crippen LogP) is 20.5. The molecule has 0 aliphatic heterocycles. The summed E-state index contributed by atoms with van der Waals surface area (Å²) in [5.41, 5.74) is 0. The lowest BCUT2D eigenvalue weighted by atomic mass is 10.0. The van der Waals surface area contributed by atoms with E-state index in [0.717, 1.165) is 116 Å². The van der Waals surface area contributed by atoms with Gasteiger partial charge in [0.05, 0.1) is 0 Å². The number of rotatable bonds is 54. The molecule has 6 nitrogen and oxygen atoms in total. The maximum absolute atomic E-state index is 12.8. The van der Waals surface area contributed by atoms with E-state index in [9.17, 15) is 14.4 Å². The number of esters is 3. The van der Waals surface area contributed by atoms with Crippen LogP contribution in [0.3, 0.4) is 0 Å².